The van der Waals surface area contributed by atoms with Crippen molar-refractivity contribution in [2.45, 2.75) is 6.36 Å². The van der Waals surface area contributed by atoms with E-state index >= 15 is 0 Å². The van der Waals surface area contributed by atoms with Gasteiger partial charge in [0.2, 0.25) is 5.13 Å². The van der Waals surface area contributed by atoms with Gasteiger partial charge in [-0.15, -0.1) is 13.2 Å². The van der Waals surface area contributed by atoms with Gasteiger partial charge in [-0.05, 0) is 24.4 Å². The molecule has 0 atom stereocenters. The zero-order valence-electron chi connectivity index (χ0n) is 8.64. The molecule has 2 aromatic rings. The molecular weight excluding hydrogens is 287 g/mol. The van der Waals surface area contributed by atoms with Crippen molar-refractivity contribution >= 4 is 44.0 Å². The number of rotatable bonds is 2. The molecule has 0 saturated carbocycles. The molecule has 2 rings (SSSR count). The molecule has 4 nitrogen and oxygen atoms in total. The normalized spacial score (nSPS) is 11.7. The van der Waals surface area contributed by atoms with Crippen LogP contribution in [0.1, 0.15) is 0 Å². The van der Waals surface area contributed by atoms with E-state index in [0.717, 1.165) is 11.3 Å². The number of hydrogen-bond acceptors (Lipinski definition) is 4. The molecule has 0 aliphatic heterocycles. The summed E-state index contributed by atoms with van der Waals surface area (Å²) in [5.41, 5.74) is 5.74. The first-order chi connectivity index (χ1) is 8.37. The van der Waals surface area contributed by atoms with Crippen molar-refractivity contribution in [1.29, 1.82) is 0 Å². The van der Waals surface area contributed by atoms with Gasteiger partial charge in [0.15, 0.2) is 5.11 Å². The van der Waals surface area contributed by atoms with Crippen molar-refractivity contribution in [2.75, 3.05) is 5.06 Å². The van der Waals surface area contributed by atoms with Crippen molar-refractivity contribution < 1.29 is 18.0 Å². The average molecular weight is 293 g/mol. The third-order valence-electron chi connectivity index (χ3n) is 1.85. The number of hydrogen-bond donors (Lipinski definition) is 1. The summed E-state index contributed by atoms with van der Waals surface area (Å²) < 4.78 is 37.3. The monoisotopic (exact) mass is 293 g/mol. The lowest BCUT2D eigenvalue weighted by atomic mass is 10.3. The fourth-order valence-corrected chi connectivity index (χ4v) is 2.33. The molecule has 18 heavy (non-hydrogen) atoms. The maximum Gasteiger partial charge on any atom is 0.544 e. The summed E-state index contributed by atoms with van der Waals surface area (Å²) in [6.07, 6.45) is -4.89. The number of benzene rings is 1. The minimum absolute atomic E-state index is 0.0685. The summed E-state index contributed by atoms with van der Waals surface area (Å²) in [4.78, 5) is 7.70. The quantitative estimate of drug-likeness (QED) is 0.681. The van der Waals surface area contributed by atoms with Gasteiger partial charge in [0, 0.05) is 0 Å². The van der Waals surface area contributed by atoms with Crippen LogP contribution in [0.5, 0.6) is 0 Å². The van der Waals surface area contributed by atoms with Gasteiger partial charge in [0.05, 0.1) is 10.2 Å². The topological polar surface area (TPSA) is 51.4 Å². The Bertz CT molecular complexity index is 551. The van der Waals surface area contributed by atoms with E-state index in [4.69, 9.17) is 5.73 Å². The zero-order chi connectivity index (χ0) is 13.3. The second-order valence-corrected chi connectivity index (χ2v) is 4.56. The first-order valence-corrected chi connectivity index (χ1v) is 5.80. The number of para-hydroxylation sites is 1. The third kappa shape index (κ3) is 2.86. The van der Waals surface area contributed by atoms with Gasteiger partial charge in [-0.25, -0.2) is 4.98 Å². The summed E-state index contributed by atoms with van der Waals surface area (Å²) in [7, 11) is 0. The third-order valence-corrected chi connectivity index (χ3v) is 3.02. The van der Waals surface area contributed by atoms with Gasteiger partial charge in [0.1, 0.15) is 0 Å². The van der Waals surface area contributed by atoms with Crippen LogP contribution in [0.2, 0.25) is 0 Å². The Morgan fingerprint density at radius 2 is 2.06 bits per heavy atom. The van der Waals surface area contributed by atoms with Gasteiger partial charge in [-0.2, -0.15) is 9.90 Å². The minimum Gasteiger partial charge on any atom is -0.374 e. The van der Waals surface area contributed by atoms with Gasteiger partial charge in [-0.1, -0.05) is 23.5 Å². The molecule has 0 fully saturated rings. The van der Waals surface area contributed by atoms with Crippen LogP contribution in [-0.2, 0) is 4.84 Å². The highest BCUT2D eigenvalue weighted by atomic mass is 32.1. The maximum absolute atomic E-state index is 12.2. The highest BCUT2D eigenvalue weighted by Gasteiger charge is 2.36. The predicted octanol–water partition coefficient (Wildman–Crippen LogP) is 2.80. The molecule has 0 bridgehead atoms. The number of fused-ring (bicyclic) bond motifs is 1. The number of alkyl halides is 3. The molecule has 0 aliphatic carbocycles. The van der Waals surface area contributed by atoms with Crippen molar-refractivity contribution in [3.63, 3.8) is 0 Å². The number of nitrogens with two attached hydrogens (primary N) is 1. The minimum atomic E-state index is -4.89. The van der Waals surface area contributed by atoms with Crippen LogP contribution < -0.4 is 10.8 Å². The van der Waals surface area contributed by atoms with Crippen LogP contribution in [-0.4, -0.2) is 16.5 Å². The Hall–Kier alpha value is -1.45. The summed E-state index contributed by atoms with van der Waals surface area (Å²) in [5.74, 6) is 0. The van der Waals surface area contributed by atoms with Gasteiger partial charge < -0.3 is 5.73 Å². The van der Waals surface area contributed by atoms with Gasteiger partial charge in [-0.3, -0.25) is 0 Å². The van der Waals surface area contributed by atoms with Crippen molar-refractivity contribution in [1.82, 2.24) is 4.98 Å². The summed E-state index contributed by atoms with van der Waals surface area (Å²) in [6, 6.07) is 6.87. The average Bonchev–Trinajstić information content (AvgIpc) is 2.67. The number of halogens is 3. The molecule has 0 spiro atoms. The lowest BCUT2D eigenvalue weighted by molar-refractivity contribution is -0.323. The molecular formula is C9H6F3N3OS2. The van der Waals surface area contributed by atoms with E-state index in [9.17, 15) is 13.2 Å². The van der Waals surface area contributed by atoms with Crippen LogP contribution in [0, 0.1) is 0 Å². The van der Waals surface area contributed by atoms with Gasteiger partial charge in [0.25, 0.3) is 0 Å². The molecule has 0 saturated heterocycles. The SMILES string of the molecule is NC(=S)N(OC(F)(F)F)c1nc2ccccc2s1. The summed E-state index contributed by atoms with van der Waals surface area (Å²) in [5, 5.41) is -0.340. The molecule has 2 N–H and O–H groups in total. The Balaban J connectivity index is 2.39. The van der Waals surface area contributed by atoms with Crippen LogP contribution in [0.15, 0.2) is 24.3 Å². The second kappa shape index (κ2) is 4.67. The second-order valence-electron chi connectivity index (χ2n) is 3.13. The highest BCUT2D eigenvalue weighted by Crippen LogP contribution is 2.31. The van der Waals surface area contributed by atoms with E-state index < -0.39 is 11.5 Å². The number of thiocarbonyl (C=S) groups is 1. The van der Waals surface area contributed by atoms with Crippen LogP contribution in [0.4, 0.5) is 18.3 Å². The molecule has 1 aromatic carbocycles. The Morgan fingerprint density at radius 3 is 2.61 bits per heavy atom. The lowest BCUT2D eigenvalue weighted by Crippen LogP contribution is -2.40. The Kier molecular flexibility index (Phi) is 3.37. The van der Waals surface area contributed by atoms with Crippen LogP contribution >= 0.6 is 23.6 Å². The predicted molar refractivity (Wildman–Crippen MR) is 66.0 cm³/mol. The smallest absolute Gasteiger partial charge is 0.374 e. The van der Waals surface area contributed by atoms with Gasteiger partial charge >= 0.3 is 6.36 Å². The van der Waals surface area contributed by atoms with Crippen LogP contribution in [0.25, 0.3) is 10.2 Å². The fraction of sp³-hybridized carbons (Fsp3) is 0.111. The fourth-order valence-electron chi connectivity index (χ4n) is 1.23. The molecule has 0 radical (unpaired) electrons. The van der Waals surface area contributed by atoms with E-state index in [1.54, 1.807) is 24.3 Å². The van der Waals surface area contributed by atoms with E-state index in [-0.39, 0.29) is 5.13 Å². The number of aromatic nitrogens is 1. The molecule has 0 unspecified atom stereocenters. The standard InChI is InChI=1S/C9H6F3N3OS2/c10-9(11,12)16-15(7(13)17)8-14-5-3-1-2-4-6(5)18-8/h1-4H,(H2,13,17). The highest BCUT2D eigenvalue weighted by molar-refractivity contribution is 7.80. The Morgan fingerprint density at radius 1 is 1.39 bits per heavy atom. The Labute approximate surface area is 109 Å². The molecule has 96 valence electrons. The lowest BCUT2D eigenvalue weighted by Gasteiger charge is -2.19. The van der Waals surface area contributed by atoms with Crippen molar-refractivity contribution in [3.05, 3.63) is 24.3 Å². The zero-order valence-corrected chi connectivity index (χ0v) is 10.3. The molecule has 9 heteroatoms. The van der Waals surface area contributed by atoms with E-state index in [1.165, 1.54) is 0 Å². The largest absolute Gasteiger partial charge is 0.544 e. The van der Waals surface area contributed by atoms with Crippen LogP contribution in [0.3, 0.4) is 0 Å². The van der Waals surface area contributed by atoms with Crippen molar-refractivity contribution in [2.24, 2.45) is 5.73 Å². The van der Waals surface area contributed by atoms with Crippen molar-refractivity contribution in [3.8, 4) is 0 Å². The summed E-state index contributed by atoms with van der Waals surface area (Å²) >= 11 is 5.51. The molecule has 0 aliphatic rings. The number of thiazole rings is 1. The summed E-state index contributed by atoms with van der Waals surface area (Å²) in [6.45, 7) is 0. The maximum atomic E-state index is 12.2. The number of anilines is 1. The van der Waals surface area contributed by atoms with E-state index in [2.05, 4.69) is 22.0 Å². The number of nitrogens with zero attached hydrogens (tertiary/aromatic N) is 2. The molecule has 1 aromatic heterocycles. The van der Waals surface area contributed by atoms with E-state index in [1.807, 2.05) is 0 Å². The molecule has 1 heterocycles. The van der Waals surface area contributed by atoms with E-state index in [0.29, 0.717) is 15.3 Å². The number of hydroxylamine groups is 1. The first-order valence-electron chi connectivity index (χ1n) is 4.58. The molecule has 0 amide bonds. The first kappa shape index (κ1) is 13.0.